The molecule has 5 heteroatoms. The van der Waals surface area contributed by atoms with Crippen molar-refractivity contribution in [1.82, 2.24) is 9.99 Å². The fourth-order valence-corrected chi connectivity index (χ4v) is 3.07. The number of carbonyl (C=O) groups is 1. The molecule has 0 fully saturated rings. The minimum absolute atomic E-state index is 0.237. The number of hydrogen-bond donors (Lipinski definition) is 1. The number of carbonyl (C=O) groups excluding carboxylic acids is 1. The van der Waals surface area contributed by atoms with Crippen LogP contribution in [0.25, 0.3) is 5.69 Å². The van der Waals surface area contributed by atoms with Crippen LogP contribution in [0.1, 0.15) is 27.3 Å². The smallest absolute Gasteiger partial charge is 0.271 e. The molecule has 126 valence electrons. The maximum absolute atomic E-state index is 12.2. The lowest BCUT2D eigenvalue weighted by Crippen LogP contribution is -2.17. The first-order valence-electron chi connectivity index (χ1n) is 7.89. The zero-order valence-corrected chi connectivity index (χ0v) is 15.6. The van der Waals surface area contributed by atoms with E-state index in [-0.39, 0.29) is 5.91 Å². The summed E-state index contributed by atoms with van der Waals surface area (Å²) in [5, 5.41) is 4.01. The third-order valence-corrected chi connectivity index (χ3v) is 4.38. The number of aryl methyl sites for hydroxylation is 2. The molecule has 0 bridgehead atoms. The van der Waals surface area contributed by atoms with Crippen LogP contribution in [0.2, 0.25) is 0 Å². The third kappa shape index (κ3) is 4.06. The summed E-state index contributed by atoms with van der Waals surface area (Å²) in [6.07, 6.45) is 1.61. The van der Waals surface area contributed by atoms with E-state index in [1.54, 1.807) is 18.3 Å². The Bertz CT molecular complexity index is 907. The molecule has 3 aromatic rings. The predicted molar refractivity (Wildman–Crippen MR) is 104 cm³/mol. The van der Waals surface area contributed by atoms with Gasteiger partial charge in [0.15, 0.2) is 0 Å². The van der Waals surface area contributed by atoms with Crippen molar-refractivity contribution in [2.75, 3.05) is 0 Å². The van der Waals surface area contributed by atoms with Gasteiger partial charge in [-0.25, -0.2) is 5.43 Å². The molecule has 25 heavy (non-hydrogen) atoms. The van der Waals surface area contributed by atoms with Crippen LogP contribution < -0.4 is 5.43 Å². The number of hydrogen-bond acceptors (Lipinski definition) is 2. The Labute approximate surface area is 155 Å². The molecule has 0 aliphatic carbocycles. The van der Waals surface area contributed by atoms with E-state index in [0.29, 0.717) is 5.56 Å². The van der Waals surface area contributed by atoms with Crippen molar-refractivity contribution in [3.05, 3.63) is 87.7 Å². The maximum atomic E-state index is 12.2. The van der Waals surface area contributed by atoms with Gasteiger partial charge in [0.25, 0.3) is 5.91 Å². The normalized spacial score (nSPS) is 11.0. The third-order valence-electron chi connectivity index (χ3n) is 3.89. The molecule has 0 saturated heterocycles. The summed E-state index contributed by atoms with van der Waals surface area (Å²) in [5.74, 6) is -0.237. The molecule has 3 rings (SSSR count). The van der Waals surface area contributed by atoms with E-state index in [2.05, 4.69) is 57.0 Å². The monoisotopic (exact) mass is 395 g/mol. The van der Waals surface area contributed by atoms with Gasteiger partial charge in [-0.1, -0.05) is 28.1 Å². The Morgan fingerprint density at radius 1 is 1.04 bits per heavy atom. The molecule has 0 radical (unpaired) electrons. The van der Waals surface area contributed by atoms with Crippen molar-refractivity contribution in [2.45, 2.75) is 13.8 Å². The van der Waals surface area contributed by atoms with Gasteiger partial charge in [0.1, 0.15) is 0 Å². The van der Waals surface area contributed by atoms with Crippen molar-refractivity contribution in [2.24, 2.45) is 5.10 Å². The van der Waals surface area contributed by atoms with E-state index in [1.165, 1.54) is 0 Å². The average molecular weight is 396 g/mol. The summed E-state index contributed by atoms with van der Waals surface area (Å²) in [5.41, 5.74) is 7.38. The summed E-state index contributed by atoms with van der Waals surface area (Å²) in [4.78, 5) is 12.2. The van der Waals surface area contributed by atoms with Crippen molar-refractivity contribution in [3.8, 4) is 5.69 Å². The fourth-order valence-electron chi connectivity index (χ4n) is 2.65. The summed E-state index contributed by atoms with van der Waals surface area (Å²) in [6, 6.07) is 19.3. The molecule has 1 aromatic heterocycles. The van der Waals surface area contributed by atoms with Crippen molar-refractivity contribution >= 4 is 28.1 Å². The number of amides is 1. The van der Waals surface area contributed by atoms with Crippen LogP contribution in [-0.2, 0) is 0 Å². The van der Waals surface area contributed by atoms with Crippen LogP contribution in [0.3, 0.4) is 0 Å². The molecule has 4 nitrogen and oxygen atoms in total. The standard InChI is InChI=1S/C20H18BrN3O/c1-14-6-7-15(2)24(14)19-10-8-17(9-11-19)20(25)23-22-13-16-4-3-5-18(21)12-16/h3-13H,1-2H3,(H,23,25)/b22-13+. The van der Waals surface area contributed by atoms with Gasteiger partial charge < -0.3 is 4.57 Å². The van der Waals surface area contributed by atoms with Crippen LogP contribution in [0.4, 0.5) is 0 Å². The zero-order chi connectivity index (χ0) is 17.8. The zero-order valence-electron chi connectivity index (χ0n) is 14.0. The van der Waals surface area contributed by atoms with Gasteiger partial charge in [0.05, 0.1) is 6.21 Å². The highest BCUT2D eigenvalue weighted by atomic mass is 79.9. The highest BCUT2D eigenvalue weighted by molar-refractivity contribution is 9.10. The highest BCUT2D eigenvalue weighted by Crippen LogP contribution is 2.17. The molecule has 1 heterocycles. The van der Waals surface area contributed by atoms with Crippen molar-refractivity contribution in [3.63, 3.8) is 0 Å². The number of hydrazone groups is 1. The quantitative estimate of drug-likeness (QED) is 0.508. The lowest BCUT2D eigenvalue weighted by atomic mass is 10.2. The van der Waals surface area contributed by atoms with Gasteiger partial charge in [-0.3, -0.25) is 4.79 Å². The molecular formula is C20H18BrN3O. The first-order chi connectivity index (χ1) is 12.0. The van der Waals surface area contributed by atoms with Crippen LogP contribution in [0.5, 0.6) is 0 Å². The summed E-state index contributed by atoms with van der Waals surface area (Å²) < 4.78 is 3.11. The van der Waals surface area contributed by atoms with Gasteiger partial charge in [-0.15, -0.1) is 0 Å². The van der Waals surface area contributed by atoms with Gasteiger partial charge >= 0.3 is 0 Å². The number of aromatic nitrogens is 1. The predicted octanol–water partition coefficient (Wildman–Crippen LogP) is 4.62. The molecule has 0 spiro atoms. The van der Waals surface area contributed by atoms with Crippen molar-refractivity contribution in [1.29, 1.82) is 0 Å². The second kappa shape index (κ2) is 7.49. The molecule has 0 saturated carbocycles. The molecule has 0 unspecified atom stereocenters. The summed E-state index contributed by atoms with van der Waals surface area (Å²) in [7, 11) is 0. The van der Waals surface area contributed by atoms with Gasteiger partial charge in [-0.2, -0.15) is 5.10 Å². The highest BCUT2D eigenvalue weighted by Gasteiger charge is 2.07. The largest absolute Gasteiger partial charge is 0.319 e. The first kappa shape index (κ1) is 17.2. The molecular weight excluding hydrogens is 378 g/mol. The number of rotatable bonds is 4. The molecule has 0 atom stereocenters. The molecule has 1 N–H and O–H groups in total. The fraction of sp³-hybridized carbons (Fsp3) is 0.100. The second-order valence-electron chi connectivity index (χ2n) is 5.75. The number of halogens is 1. The minimum Gasteiger partial charge on any atom is -0.319 e. The van der Waals surface area contributed by atoms with Gasteiger partial charge in [0.2, 0.25) is 0 Å². The van der Waals surface area contributed by atoms with E-state index >= 15 is 0 Å². The lowest BCUT2D eigenvalue weighted by Gasteiger charge is -2.10. The van der Waals surface area contributed by atoms with Crippen LogP contribution >= 0.6 is 15.9 Å². The molecule has 1 amide bonds. The Morgan fingerprint density at radius 2 is 1.72 bits per heavy atom. The SMILES string of the molecule is Cc1ccc(C)n1-c1ccc(C(=O)N/N=C/c2cccc(Br)c2)cc1. The minimum atomic E-state index is -0.237. The Morgan fingerprint density at radius 3 is 2.36 bits per heavy atom. The number of nitrogens with one attached hydrogen (secondary N) is 1. The van der Waals surface area contributed by atoms with Crippen LogP contribution in [-0.4, -0.2) is 16.7 Å². The lowest BCUT2D eigenvalue weighted by molar-refractivity contribution is 0.0955. The van der Waals surface area contributed by atoms with E-state index in [1.807, 2.05) is 36.4 Å². The maximum Gasteiger partial charge on any atom is 0.271 e. The van der Waals surface area contributed by atoms with E-state index in [4.69, 9.17) is 0 Å². The Balaban J connectivity index is 1.69. The van der Waals surface area contributed by atoms with Crippen LogP contribution in [0.15, 0.2) is 70.2 Å². The molecule has 0 aliphatic heterocycles. The molecule has 0 aliphatic rings. The van der Waals surface area contributed by atoms with Crippen LogP contribution in [0, 0.1) is 13.8 Å². The van der Waals surface area contributed by atoms with E-state index in [0.717, 1.165) is 27.1 Å². The topological polar surface area (TPSA) is 46.4 Å². The number of nitrogens with zero attached hydrogens (tertiary/aromatic N) is 2. The van der Waals surface area contributed by atoms with Gasteiger partial charge in [0, 0.05) is 27.1 Å². The van der Waals surface area contributed by atoms with E-state index in [9.17, 15) is 4.79 Å². The van der Waals surface area contributed by atoms with Crippen molar-refractivity contribution < 1.29 is 4.79 Å². The summed E-state index contributed by atoms with van der Waals surface area (Å²) in [6.45, 7) is 4.12. The number of benzene rings is 2. The average Bonchev–Trinajstić information content (AvgIpc) is 2.94. The summed E-state index contributed by atoms with van der Waals surface area (Å²) >= 11 is 3.40. The second-order valence-corrected chi connectivity index (χ2v) is 6.67. The first-order valence-corrected chi connectivity index (χ1v) is 8.68. The van der Waals surface area contributed by atoms with E-state index < -0.39 is 0 Å². The van der Waals surface area contributed by atoms with Gasteiger partial charge in [-0.05, 0) is 67.9 Å². The Hall–Kier alpha value is -2.66. The Kier molecular flexibility index (Phi) is 5.14. The molecule has 2 aromatic carbocycles.